The molecule has 2 aliphatic heterocycles. The average Bonchev–Trinajstić information content (AvgIpc) is 4.38. The zero-order chi connectivity index (χ0) is 53.0. The number of hydrogen-bond donors (Lipinski definition) is 1. The molecular weight excluding hydrogens is 975 g/mol. The lowest BCUT2D eigenvalue weighted by Crippen LogP contribution is -2.12. The van der Waals surface area contributed by atoms with Gasteiger partial charge in [-0.15, -0.1) is 0 Å². The predicted molar refractivity (Wildman–Crippen MR) is 313 cm³/mol. The number of para-hydroxylation sites is 1. The molecule has 0 spiro atoms. The number of aliphatic imine (C=N–C) groups is 2. The molecule has 384 valence electrons. The monoisotopic (exact) mass is 1030 g/mol. The Balaban J connectivity index is 0.822. The summed E-state index contributed by atoms with van der Waals surface area (Å²) in [4.78, 5) is 10.6. The third kappa shape index (κ3) is 12.1. The maximum Gasteiger partial charge on any atom is 0.219 e. The minimum atomic E-state index is -0.354. The number of nitrogens with zero attached hydrogens (tertiary/aromatic N) is 2. The summed E-state index contributed by atoms with van der Waals surface area (Å²) in [6, 6.07) is 89.0. The van der Waals surface area contributed by atoms with Crippen molar-refractivity contribution in [3.05, 3.63) is 328 Å². The van der Waals surface area contributed by atoms with Gasteiger partial charge in [-0.2, -0.15) is 0 Å². The second-order valence-corrected chi connectivity index (χ2v) is 19.3. The molecule has 0 radical (unpaired) electrons. The van der Waals surface area contributed by atoms with Crippen molar-refractivity contribution in [2.45, 2.75) is 44.1 Å². The van der Waals surface area contributed by atoms with Crippen molar-refractivity contribution in [2.24, 2.45) is 9.98 Å². The molecule has 0 saturated heterocycles. The van der Waals surface area contributed by atoms with Crippen LogP contribution in [0.3, 0.4) is 0 Å². The minimum absolute atomic E-state index is 0.233. The largest absolute Gasteiger partial charge is 0.489 e. The lowest BCUT2D eigenvalue weighted by Gasteiger charge is -2.20. The zero-order valence-electron chi connectivity index (χ0n) is 43.3. The van der Waals surface area contributed by atoms with E-state index in [9.17, 15) is 0 Å². The van der Waals surface area contributed by atoms with Gasteiger partial charge in [0.05, 0.1) is 22.5 Å². The van der Waals surface area contributed by atoms with Crippen LogP contribution in [0.25, 0.3) is 0 Å². The van der Waals surface area contributed by atoms with Gasteiger partial charge in [0, 0.05) is 17.2 Å². The van der Waals surface area contributed by atoms with Gasteiger partial charge in [-0.3, -0.25) is 0 Å². The Hall–Kier alpha value is -10.1. The smallest absolute Gasteiger partial charge is 0.219 e. The topological polar surface area (TPSA) is 82.9 Å². The summed E-state index contributed by atoms with van der Waals surface area (Å²) in [5, 5.41) is 3.78. The number of anilines is 2. The standard InChI is InChI=1S/C71H55N3O5/c1-7-21-52(22-8-1)47-76-60-43-54(44-61(46-60)77-48-53-23-9-2-10-24-53)49-75-59-40-37-50(38-41-59)35-36-51-39-42-65(63(45-51)71-74-67(56-27-13-4-14-28-56)69(79-71)58-31-17-6-18-32-58)72-64-34-20-19-33-62(64)70-73-66(55-25-11-3-12-26-55)68(78-70)57-29-15-5-16-30-57/h1-34,37-46,66-69,72H,47-49H2/t66-,67-,68-,69-/m0/s1. The molecule has 2 heterocycles. The molecule has 12 rings (SSSR count). The van der Waals surface area contributed by atoms with Gasteiger partial charge in [0.1, 0.15) is 49.2 Å². The Bertz CT molecular complexity index is 3710. The Kier molecular flexibility index (Phi) is 15.0. The van der Waals surface area contributed by atoms with Crippen molar-refractivity contribution in [1.82, 2.24) is 0 Å². The number of hydrogen-bond acceptors (Lipinski definition) is 8. The third-order valence-corrected chi connectivity index (χ3v) is 13.8. The molecule has 4 atom stereocenters. The first-order valence-electron chi connectivity index (χ1n) is 26.5. The van der Waals surface area contributed by atoms with Crippen LogP contribution in [0.2, 0.25) is 0 Å². The first kappa shape index (κ1) is 49.8. The summed E-state index contributed by atoms with van der Waals surface area (Å²) in [7, 11) is 0. The highest BCUT2D eigenvalue weighted by Gasteiger charge is 2.37. The van der Waals surface area contributed by atoms with Crippen LogP contribution in [0.15, 0.2) is 277 Å². The molecule has 10 aromatic rings. The fourth-order valence-corrected chi connectivity index (χ4v) is 9.81. The van der Waals surface area contributed by atoms with Crippen LogP contribution in [0, 0.1) is 11.8 Å². The van der Waals surface area contributed by atoms with Crippen LogP contribution in [-0.2, 0) is 29.3 Å². The molecular formula is C71H55N3O5. The van der Waals surface area contributed by atoms with Crippen molar-refractivity contribution >= 4 is 23.2 Å². The van der Waals surface area contributed by atoms with Crippen molar-refractivity contribution in [2.75, 3.05) is 5.32 Å². The minimum Gasteiger partial charge on any atom is -0.489 e. The molecule has 0 aromatic heterocycles. The first-order chi connectivity index (χ1) is 39.1. The Morgan fingerprint density at radius 1 is 0.342 bits per heavy atom. The molecule has 0 fully saturated rings. The summed E-state index contributed by atoms with van der Waals surface area (Å²) in [5.41, 5.74) is 12.2. The van der Waals surface area contributed by atoms with Gasteiger partial charge in [-0.25, -0.2) is 9.98 Å². The molecule has 0 saturated carbocycles. The van der Waals surface area contributed by atoms with Crippen molar-refractivity contribution in [3.63, 3.8) is 0 Å². The van der Waals surface area contributed by atoms with Crippen LogP contribution >= 0.6 is 0 Å². The Labute approximate surface area is 461 Å². The zero-order valence-corrected chi connectivity index (χ0v) is 43.3. The molecule has 10 aromatic carbocycles. The summed E-state index contributed by atoms with van der Waals surface area (Å²) in [6.45, 7) is 1.19. The van der Waals surface area contributed by atoms with Crippen LogP contribution in [0.5, 0.6) is 17.2 Å². The van der Waals surface area contributed by atoms with Gasteiger partial charge in [-0.1, -0.05) is 206 Å². The lowest BCUT2D eigenvalue weighted by molar-refractivity contribution is 0.197. The second kappa shape index (κ2) is 23.8. The molecule has 79 heavy (non-hydrogen) atoms. The van der Waals surface area contributed by atoms with Gasteiger partial charge >= 0.3 is 0 Å². The van der Waals surface area contributed by atoms with E-state index in [1.54, 1.807) is 0 Å². The summed E-state index contributed by atoms with van der Waals surface area (Å²) in [5.74, 6) is 10.0. The average molecular weight is 1030 g/mol. The molecule has 2 aliphatic rings. The quantitative estimate of drug-likeness (QED) is 0.0915. The van der Waals surface area contributed by atoms with E-state index >= 15 is 0 Å². The Morgan fingerprint density at radius 3 is 1.28 bits per heavy atom. The maximum atomic E-state index is 6.98. The van der Waals surface area contributed by atoms with E-state index in [1.165, 1.54) is 0 Å². The van der Waals surface area contributed by atoms with Crippen molar-refractivity contribution in [3.8, 4) is 29.1 Å². The van der Waals surface area contributed by atoms with Crippen LogP contribution in [-0.4, -0.2) is 11.8 Å². The van der Waals surface area contributed by atoms with Gasteiger partial charge in [-0.05, 0) is 106 Å². The van der Waals surface area contributed by atoms with E-state index in [1.807, 2.05) is 212 Å². The van der Waals surface area contributed by atoms with E-state index in [-0.39, 0.29) is 24.3 Å². The van der Waals surface area contributed by atoms with Crippen molar-refractivity contribution < 1.29 is 23.7 Å². The summed E-state index contributed by atoms with van der Waals surface area (Å²) in [6.07, 6.45) is -0.657. The van der Waals surface area contributed by atoms with Crippen LogP contribution in [0.4, 0.5) is 11.4 Å². The van der Waals surface area contributed by atoms with Crippen LogP contribution < -0.4 is 19.5 Å². The summed E-state index contributed by atoms with van der Waals surface area (Å²) < 4.78 is 32.7. The highest BCUT2D eigenvalue weighted by Crippen LogP contribution is 2.44. The normalized spacial score (nSPS) is 16.3. The van der Waals surface area contributed by atoms with Crippen molar-refractivity contribution in [1.29, 1.82) is 0 Å². The van der Waals surface area contributed by atoms with Crippen LogP contribution in [0.1, 0.15) is 85.5 Å². The number of ether oxygens (including phenoxy) is 5. The van der Waals surface area contributed by atoms with E-state index in [0.717, 1.165) is 72.6 Å². The Morgan fingerprint density at radius 2 is 0.747 bits per heavy atom. The number of rotatable bonds is 17. The molecule has 8 nitrogen and oxygen atoms in total. The SMILES string of the molecule is C(#Cc1ccc(Nc2ccccc2C2=N[C@@H](c3ccccc3)[C@H](c3ccccc3)O2)c(C2=N[C@@H](c3ccccc3)[C@H](c3ccccc3)O2)c1)c1ccc(OCc2cc(OCc3ccccc3)cc(OCc3ccccc3)c2)cc1. The van der Waals surface area contributed by atoms with Gasteiger partial charge in [0.2, 0.25) is 11.8 Å². The second-order valence-electron chi connectivity index (χ2n) is 19.3. The highest BCUT2D eigenvalue weighted by atomic mass is 16.5. The molecule has 0 aliphatic carbocycles. The lowest BCUT2D eigenvalue weighted by atomic mass is 9.97. The molecule has 1 N–H and O–H groups in total. The maximum absolute atomic E-state index is 6.98. The van der Waals surface area contributed by atoms with Gasteiger partial charge in [0.15, 0.2) is 12.2 Å². The summed E-state index contributed by atoms with van der Waals surface area (Å²) >= 11 is 0. The van der Waals surface area contributed by atoms with Gasteiger partial charge < -0.3 is 29.0 Å². The molecule has 0 bridgehead atoms. The number of benzene rings is 10. The third-order valence-electron chi connectivity index (χ3n) is 13.8. The molecule has 0 amide bonds. The first-order valence-corrected chi connectivity index (χ1v) is 26.5. The van der Waals surface area contributed by atoms with E-state index < -0.39 is 0 Å². The molecule has 8 heteroatoms. The predicted octanol–water partition coefficient (Wildman–Crippen LogP) is 16.1. The molecule has 0 unspecified atom stereocenters. The van der Waals surface area contributed by atoms with E-state index in [0.29, 0.717) is 48.9 Å². The van der Waals surface area contributed by atoms with Gasteiger partial charge in [0.25, 0.3) is 0 Å². The highest BCUT2D eigenvalue weighted by molar-refractivity contribution is 6.05. The fraction of sp³-hybridized carbons (Fsp3) is 0.0986. The van der Waals surface area contributed by atoms with E-state index in [4.69, 9.17) is 33.7 Å². The van der Waals surface area contributed by atoms with E-state index in [2.05, 4.69) is 71.8 Å². The fourth-order valence-electron chi connectivity index (χ4n) is 9.81. The number of nitrogens with one attached hydrogen (secondary N) is 1.